The Morgan fingerprint density at radius 3 is 2.72 bits per heavy atom. The molecule has 0 spiro atoms. The van der Waals surface area contributed by atoms with Gasteiger partial charge in [-0.25, -0.2) is 4.98 Å². The number of fused-ring (bicyclic) bond motifs is 1. The maximum absolute atomic E-state index is 13.1. The molecule has 0 unspecified atom stereocenters. The molecule has 2 aromatic heterocycles. The van der Waals surface area contributed by atoms with Crippen LogP contribution in [0.2, 0.25) is 0 Å². The summed E-state index contributed by atoms with van der Waals surface area (Å²) in [6, 6.07) is 17.3. The van der Waals surface area contributed by atoms with Gasteiger partial charge in [0.1, 0.15) is 17.0 Å². The Bertz CT molecular complexity index is 1160. The van der Waals surface area contributed by atoms with Crippen LogP contribution in [-0.4, -0.2) is 22.5 Å². The molecule has 4 rings (SSSR count). The number of aromatic nitrogens is 2. The monoisotopic (exact) mass is 403 g/mol. The van der Waals surface area contributed by atoms with Crippen molar-refractivity contribution in [2.24, 2.45) is 0 Å². The van der Waals surface area contributed by atoms with Crippen molar-refractivity contribution in [1.82, 2.24) is 9.97 Å². The van der Waals surface area contributed by atoms with Crippen molar-refractivity contribution in [3.8, 4) is 16.2 Å². The molecule has 0 atom stereocenters. The summed E-state index contributed by atoms with van der Waals surface area (Å²) < 4.78 is 5.81. The van der Waals surface area contributed by atoms with E-state index in [0.29, 0.717) is 18.0 Å². The maximum atomic E-state index is 13.1. The van der Waals surface area contributed by atoms with E-state index in [4.69, 9.17) is 4.74 Å². The van der Waals surface area contributed by atoms with Gasteiger partial charge in [-0.3, -0.25) is 9.78 Å². The van der Waals surface area contributed by atoms with Crippen molar-refractivity contribution >= 4 is 33.8 Å². The van der Waals surface area contributed by atoms with Crippen LogP contribution in [-0.2, 0) is 0 Å². The van der Waals surface area contributed by atoms with E-state index < -0.39 is 0 Å². The number of pyridine rings is 1. The molecule has 0 saturated carbocycles. The van der Waals surface area contributed by atoms with Crippen LogP contribution in [0.5, 0.6) is 5.75 Å². The van der Waals surface area contributed by atoms with Gasteiger partial charge in [0.2, 0.25) is 0 Å². The maximum Gasteiger partial charge on any atom is 0.275 e. The van der Waals surface area contributed by atoms with E-state index in [0.717, 1.165) is 38.5 Å². The van der Waals surface area contributed by atoms with Gasteiger partial charge < -0.3 is 10.1 Å². The smallest absolute Gasteiger partial charge is 0.275 e. The Morgan fingerprint density at radius 2 is 1.93 bits per heavy atom. The summed E-state index contributed by atoms with van der Waals surface area (Å²) in [6.45, 7) is 4.59. The van der Waals surface area contributed by atoms with Crippen molar-refractivity contribution in [1.29, 1.82) is 0 Å². The second-order valence-electron chi connectivity index (χ2n) is 6.59. The quantitative estimate of drug-likeness (QED) is 0.448. The topological polar surface area (TPSA) is 64.1 Å². The number of rotatable bonds is 6. The number of ether oxygens (including phenoxy) is 1. The van der Waals surface area contributed by atoms with Crippen molar-refractivity contribution in [3.63, 3.8) is 0 Å². The SMILES string of the molecule is CCCOc1ccc(NC(=O)c2nc(C)sc2-c2ccccc2)c2cccnc12. The fourth-order valence-corrected chi connectivity index (χ4v) is 4.05. The van der Waals surface area contributed by atoms with Crippen LogP contribution in [0.3, 0.4) is 0 Å². The summed E-state index contributed by atoms with van der Waals surface area (Å²) in [5.41, 5.74) is 2.84. The average molecular weight is 404 g/mol. The molecule has 0 aliphatic carbocycles. The van der Waals surface area contributed by atoms with Crippen LogP contribution in [0.25, 0.3) is 21.3 Å². The Balaban J connectivity index is 1.69. The zero-order valence-corrected chi connectivity index (χ0v) is 17.1. The molecule has 29 heavy (non-hydrogen) atoms. The highest BCUT2D eigenvalue weighted by Gasteiger charge is 2.19. The van der Waals surface area contributed by atoms with Crippen LogP contribution in [0.1, 0.15) is 28.8 Å². The number of carbonyl (C=O) groups excluding carboxylic acids is 1. The average Bonchev–Trinajstić information content (AvgIpc) is 3.16. The number of hydrogen-bond acceptors (Lipinski definition) is 5. The number of nitrogens with zero attached hydrogens (tertiary/aromatic N) is 2. The number of anilines is 1. The number of nitrogens with one attached hydrogen (secondary N) is 1. The summed E-state index contributed by atoms with van der Waals surface area (Å²) in [5.74, 6) is 0.482. The van der Waals surface area contributed by atoms with Gasteiger partial charge in [0.15, 0.2) is 0 Å². The van der Waals surface area contributed by atoms with Gasteiger partial charge in [-0.15, -0.1) is 11.3 Å². The van der Waals surface area contributed by atoms with E-state index >= 15 is 0 Å². The fraction of sp³-hybridized carbons (Fsp3) is 0.174. The van der Waals surface area contributed by atoms with E-state index in [9.17, 15) is 4.79 Å². The Hall–Kier alpha value is -3.25. The minimum atomic E-state index is -0.236. The number of amides is 1. The van der Waals surface area contributed by atoms with E-state index in [1.807, 2.05) is 61.5 Å². The van der Waals surface area contributed by atoms with Crippen molar-refractivity contribution in [2.75, 3.05) is 11.9 Å². The lowest BCUT2D eigenvalue weighted by atomic mass is 10.1. The second-order valence-corrected chi connectivity index (χ2v) is 7.79. The predicted octanol–water partition coefficient (Wildman–Crippen LogP) is 5.71. The zero-order chi connectivity index (χ0) is 20.2. The number of hydrogen-bond donors (Lipinski definition) is 1. The number of aryl methyl sites for hydroxylation is 1. The summed E-state index contributed by atoms with van der Waals surface area (Å²) in [4.78, 5) is 22.9. The Labute approximate surface area is 173 Å². The van der Waals surface area contributed by atoms with Gasteiger partial charge in [-0.05, 0) is 43.2 Å². The van der Waals surface area contributed by atoms with Gasteiger partial charge in [-0.2, -0.15) is 0 Å². The molecule has 0 bridgehead atoms. The first kappa shape index (κ1) is 19.1. The summed E-state index contributed by atoms with van der Waals surface area (Å²) in [7, 11) is 0. The third-order valence-electron chi connectivity index (χ3n) is 4.43. The Morgan fingerprint density at radius 1 is 1.10 bits per heavy atom. The van der Waals surface area contributed by atoms with Gasteiger partial charge >= 0.3 is 0 Å². The molecule has 0 aliphatic heterocycles. The van der Waals surface area contributed by atoms with Gasteiger partial charge in [0.05, 0.1) is 22.2 Å². The van der Waals surface area contributed by atoms with Gasteiger partial charge in [0, 0.05) is 11.6 Å². The molecule has 1 N–H and O–H groups in total. The standard InChI is InChI=1S/C23H21N3O2S/c1-3-14-28-19-12-11-18(17-10-7-13-24-20(17)19)26-23(27)21-22(29-15(2)25-21)16-8-5-4-6-9-16/h4-13H,3,14H2,1-2H3,(H,26,27). The molecule has 2 aromatic carbocycles. The third-order valence-corrected chi connectivity index (χ3v) is 5.45. The minimum Gasteiger partial charge on any atom is -0.491 e. The van der Waals surface area contributed by atoms with Crippen LogP contribution < -0.4 is 10.1 Å². The normalized spacial score (nSPS) is 10.8. The molecule has 0 saturated heterocycles. The van der Waals surface area contributed by atoms with Crippen molar-refractivity contribution in [2.45, 2.75) is 20.3 Å². The number of thiazole rings is 1. The summed E-state index contributed by atoms with van der Waals surface area (Å²) >= 11 is 1.52. The third kappa shape index (κ3) is 3.98. The molecule has 4 aromatic rings. The van der Waals surface area contributed by atoms with E-state index in [2.05, 4.69) is 22.2 Å². The zero-order valence-electron chi connectivity index (χ0n) is 16.3. The summed E-state index contributed by atoms with van der Waals surface area (Å²) in [6.07, 6.45) is 2.64. The van der Waals surface area contributed by atoms with Crippen LogP contribution >= 0.6 is 11.3 Å². The highest BCUT2D eigenvalue weighted by atomic mass is 32.1. The fourth-order valence-electron chi connectivity index (χ4n) is 3.13. The molecule has 146 valence electrons. The Kier molecular flexibility index (Phi) is 5.53. The van der Waals surface area contributed by atoms with Crippen molar-refractivity contribution in [3.05, 3.63) is 71.5 Å². The molecular weight excluding hydrogens is 382 g/mol. The molecule has 1 amide bonds. The number of benzene rings is 2. The molecular formula is C23H21N3O2S. The van der Waals surface area contributed by atoms with E-state index in [-0.39, 0.29) is 5.91 Å². The van der Waals surface area contributed by atoms with Crippen molar-refractivity contribution < 1.29 is 9.53 Å². The van der Waals surface area contributed by atoms with Crippen LogP contribution in [0.15, 0.2) is 60.8 Å². The van der Waals surface area contributed by atoms with Gasteiger partial charge in [-0.1, -0.05) is 37.3 Å². The second kappa shape index (κ2) is 8.41. The van der Waals surface area contributed by atoms with E-state index in [1.54, 1.807) is 6.20 Å². The largest absolute Gasteiger partial charge is 0.491 e. The molecule has 5 nitrogen and oxygen atoms in total. The molecule has 0 aliphatic rings. The number of carbonyl (C=O) groups is 1. The first-order valence-electron chi connectivity index (χ1n) is 9.52. The summed E-state index contributed by atoms with van der Waals surface area (Å²) in [5, 5.41) is 4.70. The molecule has 2 heterocycles. The highest BCUT2D eigenvalue weighted by molar-refractivity contribution is 7.15. The predicted molar refractivity (Wildman–Crippen MR) is 118 cm³/mol. The first-order valence-corrected chi connectivity index (χ1v) is 10.3. The molecule has 0 radical (unpaired) electrons. The van der Waals surface area contributed by atoms with Crippen LogP contribution in [0.4, 0.5) is 5.69 Å². The highest BCUT2D eigenvalue weighted by Crippen LogP contribution is 2.33. The lowest BCUT2D eigenvalue weighted by Crippen LogP contribution is -2.14. The van der Waals surface area contributed by atoms with Crippen LogP contribution in [0, 0.1) is 6.92 Å². The first-order chi connectivity index (χ1) is 14.2. The minimum absolute atomic E-state index is 0.236. The molecule has 6 heteroatoms. The lowest BCUT2D eigenvalue weighted by Gasteiger charge is -2.12. The molecule has 0 fully saturated rings. The lowest BCUT2D eigenvalue weighted by molar-refractivity contribution is 0.102. The van der Waals surface area contributed by atoms with E-state index in [1.165, 1.54) is 11.3 Å². The van der Waals surface area contributed by atoms with Gasteiger partial charge in [0.25, 0.3) is 5.91 Å².